The molecule has 1 atom stereocenters. The Morgan fingerprint density at radius 3 is 3.06 bits per heavy atom. The van der Waals surface area contributed by atoms with Crippen molar-refractivity contribution in [3.8, 4) is 0 Å². The lowest BCUT2D eigenvalue weighted by Crippen LogP contribution is -2.40. The zero-order valence-electron chi connectivity index (χ0n) is 18.8. The molecule has 0 spiro atoms. The van der Waals surface area contributed by atoms with E-state index in [1.54, 1.807) is 12.4 Å². The number of hydrogen-bond donors (Lipinski definition) is 1. The molecule has 4 heterocycles. The van der Waals surface area contributed by atoms with Gasteiger partial charge in [-0.2, -0.15) is 0 Å². The van der Waals surface area contributed by atoms with E-state index in [2.05, 4.69) is 9.88 Å². The summed E-state index contributed by atoms with van der Waals surface area (Å²) in [5.74, 6) is -0.246. The molecule has 1 fully saturated rings. The van der Waals surface area contributed by atoms with Crippen LogP contribution < -0.4 is 5.73 Å². The molecular formula is C25H27N5O3. The maximum atomic E-state index is 11.9. The Morgan fingerprint density at radius 1 is 1.33 bits per heavy atom. The SMILES string of the molecule is Cc1c([C@@H]2CN(CC(C=Nc3ccnc4c3ccn4C)=CN)CCO2)ccc2c1COC2=O. The van der Waals surface area contributed by atoms with Crippen LogP contribution in [0.4, 0.5) is 5.69 Å². The number of cyclic esters (lactones) is 1. The number of pyridine rings is 1. The number of carbonyl (C=O) groups excluding carboxylic acids is 1. The third kappa shape index (κ3) is 4.03. The van der Waals surface area contributed by atoms with E-state index in [1.165, 1.54) is 0 Å². The molecular weight excluding hydrogens is 418 g/mol. The summed E-state index contributed by atoms with van der Waals surface area (Å²) < 4.78 is 13.3. The van der Waals surface area contributed by atoms with Crippen LogP contribution in [0.5, 0.6) is 0 Å². The summed E-state index contributed by atoms with van der Waals surface area (Å²) in [6.07, 6.45) is 7.12. The molecule has 8 heteroatoms. The Bertz CT molecular complexity index is 1280. The van der Waals surface area contributed by atoms with Gasteiger partial charge in [-0.1, -0.05) is 6.07 Å². The molecule has 2 aliphatic heterocycles. The van der Waals surface area contributed by atoms with E-state index >= 15 is 0 Å². The molecule has 5 rings (SSSR count). The molecule has 170 valence electrons. The third-order valence-electron chi connectivity index (χ3n) is 6.44. The number of nitrogens with two attached hydrogens (primary N) is 1. The van der Waals surface area contributed by atoms with Gasteiger partial charge in [-0.05, 0) is 48.0 Å². The van der Waals surface area contributed by atoms with E-state index in [9.17, 15) is 4.79 Å². The van der Waals surface area contributed by atoms with Crippen molar-refractivity contribution >= 4 is 28.9 Å². The molecule has 33 heavy (non-hydrogen) atoms. The summed E-state index contributed by atoms with van der Waals surface area (Å²) in [6.45, 7) is 5.22. The van der Waals surface area contributed by atoms with Crippen molar-refractivity contribution in [2.45, 2.75) is 19.6 Å². The smallest absolute Gasteiger partial charge is 0.338 e. The molecule has 0 bridgehead atoms. The van der Waals surface area contributed by atoms with Gasteiger partial charge in [-0.25, -0.2) is 9.78 Å². The number of nitrogens with zero attached hydrogens (tertiary/aromatic N) is 4. The predicted octanol–water partition coefficient (Wildman–Crippen LogP) is 3.17. The lowest BCUT2D eigenvalue weighted by atomic mass is 9.94. The number of benzene rings is 1. The molecule has 1 aromatic carbocycles. The van der Waals surface area contributed by atoms with Gasteiger partial charge in [-0.3, -0.25) is 9.89 Å². The Morgan fingerprint density at radius 2 is 2.21 bits per heavy atom. The van der Waals surface area contributed by atoms with Gasteiger partial charge < -0.3 is 19.8 Å². The molecule has 2 N–H and O–H groups in total. The van der Waals surface area contributed by atoms with Gasteiger partial charge in [0.1, 0.15) is 12.3 Å². The number of ether oxygens (including phenoxy) is 2. The lowest BCUT2D eigenvalue weighted by Gasteiger charge is -2.34. The minimum atomic E-state index is -0.246. The predicted molar refractivity (Wildman–Crippen MR) is 127 cm³/mol. The second kappa shape index (κ2) is 8.80. The molecule has 2 aromatic heterocycles. The zero-order chi connectivity index (χ0) is 22.9. The largest absolute Gasteiger partial charge is 0.457 e. The van der Waals surface area contributed by atoms with E-state index < -0.39 is 0 Å². The van der Waals surface area contributed by atoms with Crippen LogP contribution in [0.25, 0.3) is 11.0 Å². The number of fused-ring (bicyclic) bond motifs is 2. The second-order valence-corrected chi connectivity index (χ2v) is 8.47. The molecule has 8 nitrogen and oxygen atoms in total. The molecule has 1 saturated heterocycles. The third-order valence-corrected chi connectivity index (χ3v) is 6.44. The van der Waals surface area contributed by atoms with Gasteiger partial charge >= 0.3 is 5.97 Å². The number of aromatic nitrogens is 2. The van der Waals surface area contributed by atoms with Crippen molar-refractivity contribution in [3.63, 3.8) is 0 Å². The molecule has 0 saturated carbocycles. The number of aliphatic imine (C=N–C) groups is 1. The highest BCUT2D eigenvalue weighted by Crippen LogP contribution is 2.32. The fourth-order valence-electron chi connectivity index (χ4n) is 4.56. The van der Waals surface area contributed by atoms with Crippen LogP contribution in [-0.4, -0.2) is 52.9 Å². The van der Waals surface area contributed by atoms with Gasteiger partial charge in [0.15, 0.2) is 0 Å². The Labute approximate surface area is 192 Å². The Kier molecular flexibility index (Phi) is 5.70. The molecule has 3 aromatic rings. The topological polar surface area (TPSA) is 95.0 Å². The van der Waals surface area contributed by atoms with Gasteiger partial charge in [0.2, 0.25) is 0 Å². The van der Waals surface area contributed by atoms with Crippen LogP contribution in [0, 0.1) is 6.92 Å². The first-order valence-corrected chi connectivity index (χ1v) is 11.0. The van der Waals surface area contributed by atoms with Crippen molar-refractivity contribution in [3.05, 3.63) is 70.7 Å². The number of carbonyl (C=O) groups is 1. The van der Waals surface area contributed by atoms with Crippen molar-refractivity contribution < 1.29 is 14.3 Å². The van der Waals surface area contributed by atoms with Crippen molar-refractivity contribution in [1.29, 1.82) is 0 Å². The quantitative estimate of drug-likeness (QED) is 0.479. The normalized spacial score (nSPS) is 19.4. The van der Waals surface area contributed by atoms with Crippen LogP contribution in [0.1, 0.15) is 33.2 Å². The summed E-state index contributed by atoms with van der Waals surface area (Å²) in [6, 6.07) is 7.77. The zero-order valence-corrected chi connectivity index (χ0v) is 18.8. The van der Waals surface area contributed by atoms with Crippen LogP contribution in [0.2, 0.25) is 0 Å². The van der Waals surface area contributed by atoms with Crippen molar-refractivity contribution in [2.75, 3.05) is 26.2 Å². The fraction of sp³-hybridized carbons (Fsp3) is 0.320. The van der Waals surface area contributed by atoms with E-state index in [0.29, 0.717) is 25.3 Å². The first-order chi connectivity index (χ1) is 16.0. The van der Waals surface area contributed by atoms with E-state index in [4.69, 9.17) is 20.2 Å². The summed E-state index contributed by atoms with van der Waals surface area (Å²) in [4.78, 5) is 23.3. The van der Waals surface area contributed by atoms with Crippen LogP contribution >= 0.6 is 0 Å². The minimum Gasteiger partial charge on any atom is -0.457 e. The van der Waals surface area contributed by atoms with Crippen molar-refractivity contribution in [1.82, 2.24) is 14.5 Å². The minimum absolute atomic E-state index is 0.0696. The lowest BCUT2D eigenvalue weighted by molar-refractivity contribution is -0.0267. The standard InChI is InChI=1S/C25H27N5O3/c1-16-18(3-4-19-21(16)15-33-25(19)31)23-14-30(9-10-32-23)13-17(11-26)12-28-22-5-7-27-24-20(22)6-8-29(24)2/h3-8,11-12,23H,9-10,13-15,26H2,1-2H3/t23-/m0/s1. The number of rotatable bonds is 5. The number of morpholine rings is 1. The highest BCUT2D eigenvalue weighted by atomic mass is 16.5. The van der Waals surface area contributed by atoms with Gasteiger partial charge in [0, 0.05) is 56.2 Å². The maximum absolute atomic E-state index is 11.9. The molecule has 0 amide bonds. The molecule has 0 radical (unpaired) electrons. The Hall–Kier alpha value is -3.49. The van der Waals surface area contributed by atoms with E-state index in [1.807, 2.05) is 55.2 Å². The maximum Gasteiger partial charge on any atom is 0.338 e. The average Bonchev–Trinajstić information content (AvgIpc) is 3.40. The second-order valence-electron chi connectivity index (χ2n) is 8.47. The molecule has 0 unspecified atom stereocenters. The van der Waals surface area contributed by atoms with Crippen LogP contribution in [0.15, 0.2) is 53.4 Å². The number of esters is 1. The van der Waals surface area contributed by atoms with E-state index in [-0.39, 0.29) is 12.1 Å². The average molecular weight is 446 g/mol. The Balaban J connectivity index is 1.30. The molecule has 0 aliphatic carbocycles. The van der Waals surface area contributed by atoms with Crippen molar-refractivity contribution in [2.24, 2.45) is 17.8 Å². The summed E-state index contributed by atoms with van der Waals surface area (Å²) in [5.41, 5.74) is 12.5. The fourth-order valence-corrected chi connectivity index (χ4v) is 4.56. The van der Waals surface area contributed by atoms with Crippen LogP contribution in [-0.2, 0) is 23.1 Å². The first-order valence-electron chi connectivity index (χ1n) is 11.0. The van der Waals surface area contributed by atoms with Gasteiger partial charge in [0.25, 0.3) is 0 Å². The van der Waals surface area contributed by atoms with Crippen LogP contribution in [0.3, 0.4) is 0 Å². The summed E-state index contributed by atoms with van der Waals surface area (Å²) in [5, 5.41) is 1.01. The monoisotopic (exact) mass is 445 g/mol. The molecule has 2 aliphatic rings. The highest BCUT2D eigenvalue weighted by molar-refractivity contribution is 5.94. The van der Waals surface area contributed by atoms with E-state index in [0.717, 1.165) is 52.1 Å². The summed E-state index contributed by atoms with van der Waals surface area (Å²) in [7, 11) is 1.97. The highest BCUT2D eigenvalue weighted by Gasteiger charge is 2.29. The van der Waals surface area contributed by atoms with Gasteiger partial charge in [0.05, 0.1) is 24.0 Å². The summed E-state index contributed by atoms with van der Waals surface area (Å²) >= 11 is 0. The first kappa shape index (κ1) is 21.4. The van der Waals surface area contributed by atoms with Gasteiger partial charge in [-0.15, -0.1) is 0 Å². The number of hydrogen-bond acceptors (Lipinski definition) is 7. The number of aryl methyl sites for hydroxylation is 1.